The predicted octanol–water partition coefficient (Wildman–Crippen LogP) is 4.36. The van der Waals surface area contributed by atoms with Gasteiger partial charge in [-0.3, -0.25) is 19.2 Å². The van der Waals surface area contributed by atoms with Crippen molar-refractivity contribution >= 4 is 42.8 Å². The summed E-state index contributed by atoms with van der Waals surface area (Å²) >= 11 is 0. The minimum atomic E-state index is -4.79. The highest BCUT2D eigenvalue weighted by atomic mass is 31.2. The van der Waals surface area contributed by atoms with Crippen LogP contribution in [0.3, 0.4) is 0 Å². The molecule has 0 aliphatic rings. The van der Waals surface area contributed by atoms with E-state index in [1.807, 2.05) is 0 Å². The number of nitrogens with one attached hydrogen (secondary N) is 1. The fourth-order valence-corrected chi connectivity index (χ4v) is 3.82. The molecule has 2 aromatic carbocycles. The van der Waals surface area contributed by atoms with Crippen molar-refractivity contribution < 1.29 is 47.5 Å². The van der Waals surface area contributed by atoms with Gasteiger partial charge in [0.2, 0.25) is 12.2 Å². The summed E-state index contributed by atoms with van der Waals surface area (Å²) in [7, 11) is -4.79. The molecule has 0 saturated carbocycles. The maximum Gasteiger partial charge on any atom is 0.510 e. The molecule has 0 saturated heterocycles. The number of benzene rings is 2. The number of carbonyl (C=O) groups excluding carboxylic acids is 2. The molecular formula is C22H24N3O10P. The molecule has 0 bridgehead atoms. The smallest absolute Gasteiger partial charge is 0.465 e. The molecule has 14 heteroatoms. The maximum atomic E-state index is 12.8. The molecule has 0 fully saturated rings. The molecule has 3 aromatic rings. The minimum Gasteiger partial charge on any atom is -0.465 e. The van der Waals surface area contributed by atoms with Crippen molar-refractivity contribution in [2.24, 2.45) is 0 Å². The molecule has 13 nitrogen and oxygen atoms in total. The van der Waals surface area contributed by atoms with E-state index in [0.717, 1.165) is 4.57 Å². The van der Waals surface area contributed by atoms with E-state index < -0.39 is 39.2 Å². The van der Waals surface area contributed by atoms with E-state index in [1.54, 1.807) is 44.2 Å². The third-order valence-corrected chi connectivity index (χ3v) is 5.50. The van der Waals surface area contributed by atoms with Gasteiger partial charge in [-0.1, -0.05) is 30.3 Å². The number of hydrogen-bond acceptors (Lipinski definition) is 9. The normalized spacial score (nSPS) is 13.7. The zero-order chi connectivity index (χ0) is 26.5. The second-order valence-electron chi connectivity index (χ2n) is 7.63. The van der Waals surface area contributed by atoms with Crippen molar-refractivity contribution in [1.29, 1.82) is 0 Å². The molecule has 0 aliphatic heterocycles. The van der Waals surface area contributed by atoms with Gasteiger partial charge >= 0.3 is 20.1 Å². The monoisotopic (exact) mass is 521 g/mol. The lowest BCUT2D eigenvalue weighted by molar-refractivity contribution is -0.0751. The first kappa shape index (κ1) is 26.8. The number of ether oxygens (including phenoxy) is 2. The molecule has 1 amide bonds. The number of nitrogens with zero attached hydrogens (tertiary/aromatic N) is 2. The summed E-state index contributed by atoms with van der Waals surface area (Å²) in [6.45, 7) is 3.69. The number of carboxylic acid groups (broad SMARTS) is 1. The number of fused-ring (bicyclic) bond motifs is 1. The third kappa shape index (κ3) is 7.12. The van der Waals surface area contributed by atoms with Gasteiger partial charge in [0.1, 0.15) is 6.73 Å². The fraction of sp³-hybridized carbons (Fsp3) is 0.273. The van der Waals surface area contributed by atoms with Crippen LogP contribution in [-0.2, 0) is 29.8 Å². The molecule has 3 N–H and O–H groups in total. The third-order valence-electron chi connectivity index (χ3n) is 4.49. The van der Waals surface area contributed by atoms with Crippen molar-refractivity contribution in [3.05, 3.63) is 59.7 Å². The first-order valence-electron chi connectivity index (χ1n) is 10.6. The molecule has 1 aromatic heterocycles. The zero-order valence-electron chi connectivity index (χ0n) is 19.5. The summed E-state index contributed by atoms with van der Waals surface area (Å²) in [5.74, 6) is -0.499. The number of anilines is 1. The van der Waals surface area contributed by atoms with Gasteiger partial charge in [0.15, 0.2) is 5.78 Å². The Morgan fingerprint density at radius 3 is 2.39 bits per heavy atom. The van der Waals surface area contributed by atoms with Gasteiger partial charge < -0.3 is 19.5 Å². The summed E-state index contributed by atoms with van der Waals surface area (Å²) in [6.07, 6.45) is -4.51. The maximum absolute atomic E-state index is 12.8. The van der Waals surface area contributed by atoms with Crippen molar-refractivity contribution in [3.8, 4) is 0 Å². The van der Waals surface area contributed by atoms with Gasteiger partial charge in [-0.15, -0.1) is 0 Å². The van der Waals surface area contributed by atoms with E-state index in [4.69, 9.17) is 23.6 Å². The number of carbonyl (C=O) groups is 3. The average Bonchev–Trinajstić information content (AvgIpc) is 3.12. The molecule has 2 unspecified atom stereocenters. The number of amides is 1. The Morgan fingerprint density at radius 2 is 1.75 bits per heavy atom. The number of phosphoric acid groups is 1. The molecule has 0 spiro atoms. The van der Waals surface area contributed by atoms with E-state index in [-0.39, 0.29) is 17.2 Å². The number of aromatic nitrogens is 2. The second kappa shape index (κ2) is 11.3. The summed E-state index contributed by atoms with van der Waals surface area (Å²) in [6, 6.07) is 13.0. The predicted molar refractivity (Wildman–Crippen MR) is 125 cm³/mol. The Morgan fingerprint density at radius 1 is 1.06 bits per heavy atom. The lowest BCUT2D eigenvalue weighted by Crippen LogP contribution is -2.21. The second-order valence-corrected chi connectivity index (χ2v) is 9.03. The average molecular weight is 521 g/mol. The number of hydrogen-bond donors (Lipinski definition) is 3. The van der Waals surface area contributed by atoms with Gasteiger partial charge in [0.05, 0.1) is 17.1 Å². The largest absolute Gasteiger partial charge is 0.510 e. The van der Waals surface area contributed by atoms with Crippen molar-refractivity contribution in [3.63, 3.8) is 0 Å². The van der Waals surface area contributed by atoms with Crippen LogP contribution in [0.4, 0.5) is 15.5 Å². The van der Waals surface area contributed by atoms with Crippen LogP contribution in [0, 0.1) is 0 Å². The first-order valence-corrected chi connectivity index (χ1v) is 12.1. The first-order chi connectivity index (χ1) is 16.9. The molecule has 0 aliphatic carbocycles. The summed E-state index contributed by atoms with van der Waals surface area (Å²) in [4.78, 5) is 49.7. The van der Waals surface area contributed by atoms with E-state index >= 15 is 0 Å². The van der Waals surface area contributed by atoms with Crippen LogP contribution < -0.4 is 5.32 Å². The topological polar surface area (TPSA) is 176 Å². The molecule has 0 radical (unpaired) electrons. The summed E-state index contributed by atoms with van der Waals surface area (Å²) in [5, 5.41) is 11.2. The number of phosphoric ester groups is 1. The highest BCUT2D eigenvalue weighted by molar-refractivity contribution is 7.47. The SMILES string of the molecule is CC(C)OC(=O)OC(C)OP(=O)(O)OCn1c(NC(=O)O)nc2cc(C(=O)c3ccccc3)ccc21. The molecule has 2 atom stereocenters. The van der Waals surface area contributed by atoms with Gasteiger partial charge in [-0.2, -0.15) is 0 Å². The van der Waals surface area contributed by atoms with E-state index in [9.17, 15) is 23.8 Å². The van der Waals surface area contributed by atoms with E-state index in [0.29, 0.717) is 16.6 Å². The molecule has 36 heavy (non-hydrogen) atoms. The minimum absolute atomic E-state index is 0.228. The molecule has 192 valence electrons. The fourth-order valence-electron chi connectivity index (χ4n) is 3.07. The van der Waals surface area contributed by atoms with Crippen molar-refractivity contribution in [2.45, 2.75) is 39.9 Å². The molecule has 1 heterocycles. The van der Waals surface area contributed by atoms with Crippen LogP contribution in [-0.4, -0.2) is 50.0 Å². The quantitative estimate of drug-likeness (QED) is 0.150. The van der Waals surface area contributed by atoms with Gasteiger partial charge in [0.25, 0.3) is 0 Å². The van der Waals surface area contributed by atoms with E-state index in [1.165, 1.54) is 25.1 Å². The molecule has 3 rings (SSSR count). The zero-order valence-corrected chi connectivity index (χ0v) is 20.4. The summed E-state index contributed by atoms with van der Waals surface area (Å²) < 4.78 is 32.7. The Hall–Kier alpha value is -3.77. The van der Waals surface area contributed by atoms with E-state index in [2.05, 4.69) is 10.3 Å². The lowest BCUT2D eigenvalue weighted by atomic mass is 10.0. The Bertz CT molecular complexity index is 1310. The molecular weight excluding hydrogens is 497 g/mol. The highest BCUT2D eigenvalue weighted by Gasteiger charge is 2.28. The van der Waals surface area contributed by atoms with Gasteiger partial charge in [-0.25, -0.2) is 23.7 Å². The van der Waals surface area contributed by atoms with Crippen LogP contribution in [0.1, 0.15) is 36.7 Å². The van der Waals surface area contributed by atoms with Crippen LogP contribution >= 0.6 is 7.82 Å². The van der Waals surface area contributed by atoms with Crippen LogP contribution in [0.15, 0.2) is 48.5 Å². The van der Waals surface area contributed by atoms with Gasteiger partial charge in [-0.05, 0) is 39.0 Å². The highest BCUT2D eigenvalue weighted by Crippen LogP contribution is 2.45. The Balaban J connectivity index is 1.80. The summed E-state index contributed by atoms with van der Waals surface area (Å²) in [5.41, 5.74) is 1.28. The van der Waals surface area contributed by atoms with Crippen molar-refractivity contribution in [1.82, 2.24) is 9.55 Å². The lowest BCUT2D eigenvalue weighted by Gasteiger charge is -2.18. The Labute approximate surface area is 205 Å². The Kier molecular flexibility index (Phi) is 8.43. The van der Waals surface area contributed by atoms with Crippen LogP contribution in [0.5, 0.6) is 0 Å². The van der Waals surface area contributed by atoms with Gasteiger partial charge in [0, 0.05) is 11.1 Å². The standard InChI is InChI=1S/C22H24N3O10P/c1-13(2)33-22(29)34-14(3)35-36(30,31)32-12-25-18-10-9-16(19(26)15-7-5-4-6-8-15)11-17(18)23-20(25)24-21(27)28/h4-11,13-14H,12H2,1-3H3,(H,23,24)(H,27,28)(H,30,31). The van der Waals surface area contributed by atoms with Crippen LogP contribution in [0.2, 0.25) is 0 Å². The number of rotatable bonds is 10. The van der Waals surface area contributed by atoms with Crippen molar-refractivity contribution in [2.75, 3.05) is 5.32 Å². The number of imidazole rings is 1. The van der Waals surface area contributed by atoms with Crippen LogP contribution in [0.25, 0.3) is 11.0 Å². The number of ketones is 1.